The van der Waals surface area contributed by atoms with Crippen molar-refractivity contribution in [1.82, 2.24) is 36.9 Å². The molecule has 56 heavy (non-hydrogen) atoms. The lowest BCUT2D eigenvalue weighted by molar-refractivity contribution is -0.134. The highest BCUT2D eigenvalue weighted by molar-refractivity contribution is 7.84. The largest absolute Gasteiger partial charge is 0.370 e. The highest BCUT2D eigenvalue weighted by atomic mass is 32.2. The monoisotopic (exact) mass is 824 g/mol. The van der Waals surface area contributed by atoms with Crippen molar-refractivity contribution in [3.05, 3.63) is 36.0 Å². The van der Waals surface area contributed by atoms with Gasteiger partial charge in [-0.25, -0.2) is 0 Å². The van der Waals surface area contributed by atoms with Gasteiger partial charge in [0.25, 0.3) is 0 Å². The lowest BCUT2D eigenvalue weighted by Crippen LogP contribution is -2.59. The normalized spacial score (nSPS) is 15.5. The smallest absolute Gasteiger partial charge is 0.244 e. The Morgan fingerprint density at radius 2 is 1.25 bits per heavy atom. The molecule has 8 amide bonds. The standard InChI is InChI=1S/C34H52N10O10S2/c1-17(2)10-23(29(37)47)42-34(52)26(16-56(5)54)44-32(50)24(12-27(36)45)41-28(46)14-39-30(48)18(3)40-33(51)25(15-55(4)53)43-31(49)21(35)11-19-13-38-22-9-7-6-8-20(19)22/h6-9,13,17-18,21,23-26,38H,10-12,14-16,35H2,1-5H3,(H2,36,45)(H2,37,47)(H,39,48)(H,40,51)(H,41,46)(H,42,52)(H,43,49)(H,44,50)/t18-,21-,23-,24-,25-,26-,55?,56?/m0/s1. The fourth-order valence-electron chi connectivity index (χ4n) is 5.36. The van der Waals surface area contributed by atoms with E-state index in [0.717, 1.165) is 16.5 Å². The van der Waals surface area contributed by atoms with Crippen LogP contribution in [-0.4, -0.2) is 127 Å². The SMILES string of the molecule is CC(C)C[C@H](NC(=O)[C@H](CS(C)=O)NC(=O)[C@H](CC(N)=O)NC(=O)CNC(=O)[C@H](C)NC(=O)[C@H](CS(C)=O)NC(=O)[C@@H](N)Cc1c[nH]c2ccccc12)C(N)=O. The highest BCUT2D eigenvalue weighted by Crippen LogP contribution is 2.18. The summed E-state index contributed by atoms with van der Waals surface area (Å²) < 4.78 is 24.1. The minimum atomic E-state index is -1.64. The number of nitrogens with two attached hydrogens (primary N) is 3. The van der Waals surface area contributed by atoms with Gasteiger partial charge in [0.2, 0.25) is 47.3 Å². The van der Waals surface area contributed by atoms with Crippen LogP contribution >= 0.6 is 0 Å². The molecule has 0 aliphatic carbocycles. The van der Waals surface area contributed by atoms with Crippen molar-refractivity contribution < 1.29 is 46.8 Å². The number of para-hydroxylation sites is 1. The number of fused-ring (bicyclic) bond motifs is 1. The van der Waals surface area contributed by atoms with Gasteiger partial charge in [-0.3, -0.25) is 46.8 Å². The first-order valence-corrected chi connectivity index (χ1v) is 20.9. The molecule has 2 unspecified atom stereocenters. The molecule has 8 atom stereocenters. The third kappa shape index (κ3) is 15.9. The predicted octanol–water partition coefficient (Wildman–Crippen LogP) is -4.24. The average Bonchev–Trinajstić information content (AvgIpc) is 3.50. The Labute approximate surface area is 328 Å². The number of H-pyrrole nitrogens is 1. The molecule has 20 nitrogen and oxygen atoms in total. The molecule has 0 saturated heterocycles. The summed E-state index contributed by atoms with van der Waals surface area (Å²) in [5, 5.41) is 15.0. The molecule has 2 aromatic rings. The van der Waals surface area contributed by atoms with Crippen LogP contribution in [0.1, 0.15) is 39.2 Å². The van der Waals surface area contributed by atoms with Crippen LogP contribution in [0, 0.1) is 5.92 Å². The third-order valence-corrected chi connectivity index (χ3v) is 9.73. The van der Waals surface area contributed by atoms with E-state index in [1.165, 1.54) is 19.4 Å². The van der Waals surface area contributed by atoms with E-state index in [1.807, 2.05) is 24.3 Å². The van der Waals surface area contributed by atoms with E-state index in [-0.39, 0.29) is 24.5 Å². The van der Waals surface area contributed by atoms with Crippen molar-refractivity contribution in [1.29, 1.82) is 0 Å². The van der Waals surface area contributed by atoms with Crippen LogP contribution in [0.15, 0.2) is 30.5 Å². The number of primary amides is 2. The molecule has 310 valence electrons. The van der Waals surface area contributed by atoms with E-state index < -0.39 is 124 Å². The summed E-state index contributed by atoms with van der Waals surface area (Å²) in [5.41, 5.74) is 18.4. The first-order valence-electron chi connectivity index (χ1n) is 17.4. The molecule has 0 spiro atoms. The lowest BCUT2D eigenvalue weighted by Gasteiger charge is -2.24. The van der Waals surface area contributed by atoms with Gasteiger partial charge in [0.05, 0.1) is 30.5 Å². The van der Waals surface area contributed by atoms with Gasteiger partial charge in [0.1, 0.15) is 30.2 Å². The van der Waals surface area contributed by atoms with E-state index >= 15 is 0 Å². The van der Waals surface area contributed by atoms with E-state index in [2.05, 4.69) is 36.9 Å². The zero-order valence-electron chi connectivity index (χ0n) is 31.8. The molecule has 2 rings (SSSR count). The number of hydrogen-bond donors (Lipinski definition) is 10. The van der Waals surface area contributed by atoms with E-state index in [1.54, 1.807) is 20.0 Å². The Bertz CT molecular complexity index is 1820. The summed E-state index contributed by atoms with van der Waals surface area (Å²) in [6.45, 7) is 4.12. The molecule has 0 saturated carbocycles. The Kier molecular flexibility index (Phi) is 18.7. The van der Waals surface area contributed by atoms with Crippen LogP contribution < -0.4 is 49.1 Å². The van der Waals surface area contributed by atoms with Crippen LogP contribution in [0.5, 0.6) is 0 Å². The average molecular weight is 825 g/mol. The number of benzene rings is 1. The maximum Gasteiger partial charge on any atom is 0.244 e. The molecular formula is C34H52N10O10S2. The van der Waals surface area contributed by atoms with Crippen molar-refractivity contribution >= 4 is 79.8 Å². The lowest BCUT2D eigenvalue weighted by atomic mass is 10.0. The number of carbonyl (C=O) groups is 8. The van der Waals surface area contributed by atoms with E-state index in [0.29, 0.717) is 0 Å². The number of nitrogens with one attached hydrogen (secondary N) is 7. The van der Waals surface area contributed by atoms with Crippen LogP contribution in [0.25, 0.3) is 10.9 Å². The zero-order chi connectivity index (χ0) is 42.3. The number of amides is 8. The summed E-state index contributed by atoms with van der Waals surface area (Å²) >= 11 is 0. The van der Waals surface area contributed by atoms with Gasteiger partial charge >= 0.3 is 0 Å². The van der Waals surface area contributed by atoms with E-state index in [9.17, 15) is 46.8 Å². The van der Waals surface area contributed by atoms with Crippen molar-refractivity contribution in [2.75, 3.05) is 30.6 Å². The molecular weight excluding hydrogens is 773 g/mol. The summed E-state index contributed by atoms with van der Waals surface area (Å²) in [6, 6.07) is -0.464. The highest BCUT2D eigenvalue weighted by Gasteiger charge is 2.32. The number of aromatic nitrogens is 1. The quantitative estimate of drug-likeness (QED) is 0.0512. The fourth-order valence-corrected chi connectivity index (χ4v) is 6.77. The minimum Gasteiger partial charge on any atom is -0.370 e. The molecule has 1 aromatic carbocycles. The van der Waals surface area contributed by atoms with Gasteiger partial charge in [-0.2, -0.15) is 0 Å². The van der Waals surface area contributed by atoms with Crippen molar-refractivity contribution in [2.24, 2.45) is 23.1 Å². The third-order valence-electron chi connectivity index (χ3n) is 8.12. The van der Waals surface area contributed by atoms with Gasteiger partial charge < -0.3 is 54.1 Å². The summed E-state index contributed by atoms with van der Waals surface area (Å²) in [7, 11) is -3.19. The minimum absolute atomic E-state index is 0.0412. The van der Waals surface area contributed by atoms with Gasteiger partial charge in [0, 0.05) is 51.2 Å². The Balaban J connectivity index is 2.02. The van der Waals surface area contributed by atoms with Gasteiger partial charge in [-0.1, -0.05) is 32.0 Å². The molecule has 0 aliphatic rings. The number of aromatic amines is 1. The second-order valence-corrected chi connectivity index (χ2v) is 16.6. The molecule has 22 heteroatoms. The number of hydrogen-bond acceptors (Lipinski definition) is 11. The maximum atomic E-state index is 13.2. The second kappa shape index (κ2) is 22.4. The summed E-state index contributed by atoms with van der Waals surface area (Å²) in [5.74, 6) is -7.89. The Hall–Kier alpha value is -5.22. The maximum absolute atomic E-state index is 13.2. The second-order valence-electron chi connectivity index (χ2n) is 13.6. The van der Waals surface area contributed by atoms with Crippen molar-refractivity contribution in [3.63, 3.8) is 0 Å². The molecule has 1 aromatic heterocycles. The molecule has 0 radical (unpaired) electrons. The van der Waals surface area contributed by atoms with Crippen LogP contribution in [-0.2, 0) is 66.4 Å². The van der Waals surface area contributed by atoms with Gasteiger partial charge in [-0.15, -0.1) is 0 Å². The first kappa shape index (κ1) is 46.9. The zero-order valence-corrected chi connectivity index (χ0v) is 33.4. The van der Waals surface area contributed by atoms with Crippen molar-refractivity contribution in [3.8, 4) is 0 Å². The van der Waals surface area contributed by atoms with E-state index in [4.69, 9.17) is 17.2 Å². The first-order chi connectivity index (χ1) is 26.2. The van der Waals surface area contributed by atoms with Gasteiger partial charge in [-0.05, 0) is 37.3 Å². The Morgan fingerprint density at radius 1 is 0.714 bits per heavy atom. The molecule has 0 aliphatic heterocycles. The summed E-state index contributed by atoms with van der Waals surface area (Å²) in [6.07, 6.45) is 3.91. The van der Waals surface area contributed by atoms with Gasteiger partial charge in [0.15, 0.2) is 0 Å². The molecule has 0 fully saturated rings. The molecule has 1 heterocycles. The fraction of sp³-hybridized carbons (Fsp3) is 0.529. The van der Waals surface area contributed by atoms with Crippen LogP contribution in [0.4, 0.5) is 0 Å². The van der Waals surface area contributed by atoms with Crippen molar-refractivity contribution in [2.45, 2.75) is 76.3 Å². The predicted molar refractivity (Wildman–Crippen MR) is 209 cm³/mol. The Morgan fingerprint density at radius 3 is 1.80 bits per heavy atom. The summed E-state index contributed by atoms with van der Waals surface area (Å²) in [4.78, 5) is 105. The van der Waals surface area contributed by atoms with Crippen LogP contribution in [0.3, 0.4) is 0 Å². The topological polar surface area (TPSA) is 337 Å². The molecule has 13 N–H and O–H groups in total. The number of carbonyl (C=O) groups excluding carboxylic acids is 8. The van der Waals surface area contributed by atoms with Crippen LogP contribution in [0.2, 0.25) is 0 Å². The molecule has 0 bridgehead atoms. The number of rotatable bonds is 23.